The van der Waals surface area contributed by atoms with Crippen molar-refractivity contribution in [3.05, 3.63) is 59.1 Å². The quantitative estimate of drug-likeness (QED) is 0.691. The van der Waals surface area contributed by atoms with E-state index < -0.39 is 0 Å². The summed E-state index contributed by atoms with van der Waals surface area (Å²) in [5, 5.41) is 0.405. The minimum atomic E-state index is -0.323. The normalized spacial score (nSPS) is 11.8. The summed E-state index contributed by atoms with van der Waals surface area (Å²) in [6, 6.07) is 14.9. The summed E-state index contributed by atoms with van der Waals surface area (Å²) >= 11 is 1.35. The number of para-hydroxylation sites is 1. The SMILES string of the molecule is COc1ccc(C=C(F)c2nc3ccccc3s2)cc1. The third kappa shape index (κ3) is 2.56. The lowest BCUT2D eigenvalue weighted by atomic mass is 10.2. The Morgan fingerprint density at radius 1 is 1.15 bits per heavy atom. The molecule has 0 amide bonds. The fraction of sp³-hybridized carbons (Fsp3) is 0.0625. The average molecular weight is 285 g/mol. The number of fused-ring (bicyclic) bond motifs is 1. The molecule has 0 N–H and O–H groups in total. The zero-order chi connectivity index (χ0) is 13.9. The molecular weight excluding hydrogens is 273 g/mol. The van der Waals surface area contributed by atoms with Crippen LogP contribution in [-0.4, -0.2) is 12.1 Å². The molecule has 2 aromatic carbocycles. The van der Waals surface area contributed by atoms with Crippen LogP contribution in [0.3, 0.4) is 0 Å². The van der Waals surface area contributed by atoms with Gasteiger partial charge < -0.3 is 4.74 Å². The molecule has 0 aliphatic heterocycles. The molecule has 0 saturated heterocycles. The Morgan fingerprint density at radius 3 is 2.60 bits per heavy atom. The molecule has 4 heteroatoms. The second kappa shape index (κ2) is 5.43. The molecule has 1 aromatic heterocycles. The third-order valence-electron chi connectivity index (χ3n) is 2.91. The van der Waals surface area contributed by atoms with Crippen LogP contribution < -0.4 is 4.74 Å². The Labute approximate surface area is 120 Å². The van der Waals surface area contributed by atoms with Crippen molar-refractivity contribution in [1.29, 1.82) is 0 Å². The molecule has 0 saturated carbocycles. The van der Waals surface area contributed by atoms with E-state index in [0.29, 0.717) is 5.01 Å². The van der Waals surface area contributed by atoms with Crippen LogP contribution in [-0.2, 0) is 0 Å². The predicted molar refractivity (Wildman–Crippen MR) is 81.6 cm³/mol. The molecule has 3 aromatic rings. The Kier molecular flexibility index (Phi) is 3.48. The smallest absolute Gasteiger partial charge is 0.159 e. The standard InChI is InChI=1S/C16H12FNOS/c1-19-12-8-6-11(7-9-12)10-13(17)16-18-14-4-2-3-5-15(14)20-16/h2-10H,1H3. The van der Waals surface area contributed by atoms with Gasteiger partial charge in [-0.1, -0.05) is 24.3 Å². The molecule has 0 fully saturated rings. The molecular formula is C16H12FNOS. The number of ether oxygens (including phenoxy) is 1. The maximum atomic E-state index is 14.2. The lowest BCUT2D eigenvalue weighted by molar-refractivity contribution is 0.415. The zero-order valence-electron chi connectivity index (χ0n) is 10.8. The summed E-state index contributed by atoms with van der Waals surface area (Å²) in [5.74, 6) is 0.430. The summed E-state index contributed by atoms with van der Waals surface area (Å²) in [6.07, 6.45) is 1.48. The van der Waals surface area contributed by atoms with Gasteiger partial charge in [-0.2, -0.15) is 0 Å². The van der Waals surface area contributed by atoms with E-state index in [1.54, 1.807) is 19.2 Å². The van der Waals surface area contributed by atoms with E-state index >= 15 is 0 Å². The van der Waals surface area contributed by atoms with E-state index in [4.69, 9.17) is 4.74 Å². The predicted octanol–water partition coefficient (Wildman–Crippen LogP) is 4.77. The number of halogens is 1. The van der Waals surface area contributed by atoms with E-state index in [1.807, 2.05) is 36.4 Å². The van der Waals surface area contributed by atoms with Crippen molar-refractivity contribution in [2.24, 2.45) is 0 Å². The van der Waals surface area contributed by atoms with Gasteiger partial charge in [0.25, 0.3) is 0 Å². The minimum absolute atomic E-state index is 0.323. The fourth-order valence-corrected chi connectivity index (χ4v) is 2.76. The molecule has 0 aliphatic carbocycles. The van der Waals surface area contributed by atoms with Crippen LogP contribution in [0.1, 0.15) is 10.6 Å². The van der Waals surface area contributed by atoms with Crippen molar-refractivity contribution in [2.75, 3.05) is 7.11 Å². The van der Waals surface area contributed by atoms with Gasteiger partial charge in [-0.25, -0.2) is 9.37 Å². The van der Waals surface area contributed by atoms with E-state index in [9.17, 15) is 4.39 Å². The Bertz CT molecular complexity index is 729. The van der Waals surface area contributed by atoms with E-state index in [2.05, 4.69) is 4.98 Å². The molecule has 0 aliphatic rings. The first-order valence-electron chi connectivity index (χ1n) is 6.13. The van der Waals surface area contributed by atoms with Crippen molar-refractivity contribution in [2.45, 2.75) is 0 Å². The highest BCUT2D eigenvalue weighted by Crippen LogP contribution is 2.29. The molecule has 0 radical (unpaired) electrons. The number of aromatic nitrogens is 1. The summed E-state index contributed by atoms with van der Waals surface area (Å²) in [4.78, 5) is 4.29. The number of benzene rings is 2. The van der Waals surface area contributed by atoms with E-state index in [1.165, 1.54) is 17.4 Å². The van der Waals surface area contributed by atoms with Crippen molar-refractivity contribution in [3.8, 4) is 5.75 Å². The van der Waals surface area contributed by atoms with E-state index in [-0.39, 0.29) is 5.83 Å². The van der Waals surface area contributed by atoms with Gasteiger partial charge in [-0.3, -0.25) is 0 Å². The molecule has 0 spiro atoms. The van der Waals surface area contributed by atoms with Crippen LogP contribution in [0.25, 0.3) is 22.1 Å². The Balaban J connectivity index is 1.93. The molecule has 0 unspecified atom stereocenters. The van der Waals surface area contributed by atoms with Gasteiger partial charge in [0, 0.05) is 0 Å². The van der Waals surface area contributed by atoms with Crippen LogP contribution in [0.2, 0.25) is 0 Å². The molecule has 2 nitrogen and oxygen atoms in total. The van der Waals surface area contributed by atoms with Crippen molar-refractivity contribution < 1.29 is 9.13 Å². The number of hydrogen-bond acceptors (Lipinski definition) is 3. The minimum Gasteiger partial charge on any atom is -0.497 e. The summed E-state index contributed by atoms with van der Waals surface area (Å²) in [7, 11) is 1.60. The number of rotatable bonds is 3. The Hall–Kier alpha value is -2.20. The van der Waals surface area contributed by atoms with Crippen LogP contribution in [0, 0.1) is 0 Å². The maximum absolute atomic E-state index is 14.2. The third-order valence-corrected chi connectivity index (χ3v) is 3.95. The summed E-state index contributed by atoms with van der Waals surface area (Å²) < 4.78 is 20.3. The second-order valence-electron chi connectivity index (χ2n) is 4.25. The topological polar surface area (TPSA) is 22.1 Å². The second-order valence-corrected chi connectivity index (χ2v) is 5.28. The van der Waals surface area contributed by atoms with Gasteiger partial charge in [-0.15, -0.1) is 11.3 Å². The number of methoxy groups -OCH3 is 1. The Morgan fingerprint density at radius 2 is 1.90 bits per heavy atom. The van der Waals surface area contributed by atoms with Gasteiger partial charge in [0.05, 0.1) is 17.3 Å². The maximum Gasteiger partial charge on any atom is 0.159 e. The summed E-state index contributed by atoms with van der Waals surface area (Å²) in [6.45, 7) is 0. The highest BCUT2D eigenvalue weighted by molar-refractivity contribution is 7.19. The lowest BCUT2D eigenvalue weighted by Crippen LogP contribution is -1.82. The van der Waals surface area contributed by atoms with Crippen LogP contribution in [0.5, 0.6) is 5.75 Å². The van der Waals surface area contributed by atoms with Gasteiger partial charge in [0.1, 0.15) is 5.75 Å². The highest BCUT2D eigenvalue weighted by Gasteiger charge is 2.08. The molecule has 3 rings (SSSR count). The van der Waals surface area contributed by atoms with Gasteiger partial charge in [0.15, 0.2) is 10.8 Å². The lowest BCUT2D eigenvalue weighted by Gasteiger charge is -1.99. The largest absolute Gasteiger partial charge is 0.497 e. The molecule has 100 valence electrons. The number of nitrogens with zero attached hydrogens (tertiary/aromatic N) is 1. The van der Waals surface area contributed by atoms with Gasteiger partial charge >= 0.3 is 0 Å². The van der Waals surface area contributed by atoms with Crippen molar-refractivity contribution in [3.63, 3.8) is 0 Å². The van der Waals surface area contributed by atoms with Crippen LogP contribution in [0.15, 0.2) is 48.5 Å². The van der Waals surface area contributed by atoms with Crippen molar-refractivity contribution >= 4 is 33.5 Å². The van der Waals surface area contributed by atoms with Crippen LogP contribution in [0.4, 0.5) is 4.39 Å². The van der Waals surface area contributed by atoms with Crippen molar-refractivity contribution in [1.82, 2.24) is 4.98 Å². The fourth-order valence-electron chi connectivity index (χ4n) is 1.88. The van der Waals surface area contributed by atoms with E-state index in [0.717, 1.165) is 21.5 Å². The summed E-state index contributed by atoms with van der Waals surface area (Å²) in [5.41, 5.74) is 1.60. The molecule has 1 heterocycles. The molecule has 0 atom stereocenters. The molecule has 0 bridgehead atoms. The first-order valence-corrected chi connectivity index (χ1v) is 6.95. The highest BCUT2D eigenvalue weighted by atomic mass is 32.1. The molecule has 20 heavy (non-hydrogen) atoms. The number of thiazole rings is 1. The first kappa shape index (κ1) is 12.8. The first-order chi connectivity index (χ1) is 9.76. The monoisotopic (exact) mass is 285 g/mol. The van der Waals surface area contributed by atoms with Crippen LogP contribution >= 0.6 is 11.3 Å². The van der Waals surface area contributed by atoms with Gasteiger partial charge in [0.2, 0.25) is 0 Å². The zero-order valence-corrected chi connectivity index (χ0v) is 11.7. The number of hydrogen-bond donors (Lipinski definition) is 0. The van der Waals surface area contributed by atoms with Gasteiger partial charge in [-0.05, 0) is 35.9 Å². The average Bonchev–Trinajstić information content (AvgIpc) is 2.92.